The topological polar surface area (TPSA) is 172 Å². The Balaban J connectivity index is 1.53. The van der Waals surface area contributed by atoms with Crippen LogP contribution in [0.2, 0.25) is 0 Å². The predicted molar refractivity (Wildman–Crippen MR) is 135 cm³/mol. The molecule has 1 aromatic heterocycles. The molecule has 2 aromatic carbocycles. The van der Waals surface area contributed by atoms with Crippen LogP contribution in [-0.4, -0.2) is 56.1 Å². The third kappa shape index (κ3) is 3.02. The highest BCUT2D eigenvalue weighted by Crippen LogP contribution is 2.55. The van der Waals surface area contributed by atoms with Gasteiger partial charge in [0.15, 0.2) is 34.7 Å². The number of aliphatic hydroxyl groups excluding tert-OH is 1. The average Bonchev–Trinajstić information content (AvgIpc) is 3.30. The number of amides is 1. The summed E-state index contributed by atoms with van der Waals surface area (Å²) >= 11 is 1.49. The Bertz CT molecular complexity index is 1570. The average molecular weight is 534 g/mol. The lowest BCUT2D eigenvalue weighted by atomic mass is 9.50. The molecular formula is C28H23NO8S. The second kappa shape index (κ2) is 8.13. The number of phenols is 1. The van der Waals surface area contributed by atoms with E-state index in [4.69, 9.17) is 5.73 Å². The number of carbonyl (C=O) groups is 5. The van der Waals surface area contributed by atoms with Crippen molar-refractivity contribution >= 4 is 50.5 Å². The molecule has 0 spiro atoms. The maximum absolute atomic E-state index is 13.9. The van der Waals surface area contributed by atoms with Crippen molar-refractivity contribution in [1.29, 1.82) is 0 Å². The molecule has 0 saturated heterocycles. The van der Waals surface area contributed by atoms with E-state index in [1.807, 2.05) is 30.3 Å². The number of rotatable bonds is 2. The summed E-state index contributed by atoms with van der Waals surface area (Å²) in [5.41, 5.74) is 3.27. The first kappa shape index (κ1) is 24.6. The van der Waals surface area contributed by atoms with Gasteiger partial charge in [-0.3, -0.25) is 24.0 Å². The highest BCUT2D eigenvalue weighted by atomic mass is 32.1. The number of ketones is 4. The number of phenolic OH excluding ortho intramolecular Hbond substituents is 1. The molecule has 194 valence electrons. The van der Waals surface area contributed by atoms with E-state index in [0.29, 0.717) is 11.1 Å². The van der Waals surface area contributed by atoms with Crippen molar-refractivity contribution < 1.29 is 39.3 Å². The molecule has 2 saturated carbocycles. The van der Waals surface area contributed by atoms with Crippen LogP contribution in [0.3, 0.4) is 0 Å². The number of hydrogen-bond acceptors (Lipinski definition) is 9. The highest BCUT2D eigenvalue weighted by Gasteiger charge is 2.70. The quantitative estimate of drug-likeness (QED) is 0.361. The van der Waals surface area contributed by atoms with Crippen LogP contribution in [0.15, 0.2) is 42.5 Å². The smallest absolute Gasteiger partial charge is 0.235 e. The molecule has 10 heteroatoms. The molecule has 0 aliphatic heterocycles. The number of carbonyl (C=O) groups excluding carboxylic acids is 5. The largest absolute Gasteiger partial charge is 0.507 e. The van der Waals surface area contributed by atoms with Crippen molar-refractivity contribution in [3.8, 4) is 16.2 Å². The van der Waals surface area contributed by atoms with Crippen LogP contribution in [0.1, 0.15) is 35.2 Å². The van der Waals surface area contributed by atoms with E-state index < -0.39 is 76.8 Å². The Labute approximate surface area is 219 Å². The molecule has 2 fully saturated rings. The molecule has 5 N–H and O–H groups in total. The number of thiophene rings is 1. The summed E-state index contributed by atoms with van der Waals surface area (Å²) in [4.78, 5) is 66.0. The van der Waals surface area contributed by atoms with Gasteiger partial charge in [0, 0.05) is 27.8 Å². The number of aliphatic hydroxyl groups is 2. The lowest BCUT2D eigenvalue weighted by molar-refractivity contribution is -0.189. The van der Waals surface area contributed by atoms with Gasteiger partial charge >= 0.3 is 0 Å². The van der Waals surface area contributed by atoms with Crippen LogP contribution >= 0.6 is 11.3 Å². The number of hydrogen-bond donors (Lipinski definition) is 4. The summed E-state index contributed by atoms with van der Waals surface area (Å²) in [7, 11) is 0. The van der Waals surface area contributed by atoms with Crippen LogP contribution in [0, 0.1) is 23.7 Å². The zero-order valence-corrected chi connectivity index (χ0v) is 20.9. The summed E-state index contributed by atoms with van der Waals surface area (Å²) in [6.07, 6.45) is -2.22. The normalized spacial score (nSPS) is 32.6. The molecule has 3 aliphatic rings. The Hall–Kier alpha value is -3.73. The van der Waals surface area contributed by atoms with E-state index in [1.54, 1.807) is 13.0 Å². The first-order chi connectivity index (χ1) is 18.0. The maximum atomic E-state index is 13.9. The van der Waals surface area contributed by atoms with Crippen LogP contribution in [-0.2, 0) is 19.2 Å². The lowest BCUT2D eigenvalue weighted by Crippen LogP contribution is -2.72. The van der Waals surface area contributed by atoms with Crippen molar-refractivity contribution in [2.75, 3.05) is 0 Å². The van der Waals surface area contributed by atoms with Gasteiger partial charge in [-0.25, -0.2) is 0 Å². The van der Waals surface area contributed by atoms with E-state index in [1.165, 1.54) is 17.4 Å². The van der Waals surface area contributed by atoms with Gasteiger partial charge in [-0.1, -0.05) is 25.1 Å². The maximum Gasteiger partial charge on any atom is 0.235 e. The van der Waals surface area contributed by atoms with Gasteiger partial charge in [-0.15, -0.1) is 11.3 Å². The number of benzene rings is 2. The third-order valence-corrected chi connectivity index (χ3v) is 9.68. The summed E-state index contributed by atoms with van der Waals surface area (Å²) in [5.74, 6) is -13.0. The monoisotopic (exact) mass is 533 g/mol. The van der Waals surface area contributed by atoms with Crippen LogP contribution < -0.4 is 5.73 Å². The number of primary amides is 1. The van der Waals surface area contributed by atoms with E-state index in [-0.39, 0.29) is 11.3 Å². The van der Waals surface area contributed by atoms with Crippen molar-refractivity contribution in [2.45, 2.75) is 31.0 Å². The fourth-order valence-corrected chi connectivity index (χ4v) is 7.87. The number of fused-ring (bicyclic) bond motifs is 4. The van der Waals surface area contributed by atoms with Gasteiger partial charge in [0.25, 0.3) is 0 Å². The SMILES string of the molecule is C[C@H]1c2c(-c3cc4ccccc4s3)ccc(O)c2C(=O)C2C(=O)[C@]3(O)C(=O)C(C(N)=O)C(=O)C[C@@H]3[C@@H](O)[C@@H]21. The van der Waals surface area contributed by atoms with Crippen molar-refractivity contribution in [2.24, 2.45) is 29.4 Å². The Morgan fingerprint density at radius 2 is 1.79 bits per heavy atom. The second-order valence-electron chi connectivity index (χ2n) is 10.4. The Morgan fingerprint density at radius 1 is 1.08 bits per heavy atom. The molecule has 2 unspecified atom stereocenters. The number of Topliss-reactive ketones (excluding diaryl/α,β-unsaturated/α-hetero) is 4. The highest BCUT2D eigenvalue weighted by molar-refractivity contribution is 7.22. The first-order valence-electron chi connectivity index (χ1n) is 12.2. The molecule has 3 aromatic rings. The molecule has 0 bridgehead atoms. The first-order valence-corrected chi connectivity index (χ1v) is 13.0. The minimum atomic E-state index is -2.93. The van der Waals surface area contributed by atoms with E-state index in [9.17, 15) is 39.3 Å². The van der Waals surface area contributed by atoms with Gasteiger partial charge in [-0.05, 0) is 46.7 Å². The van der Waals surface area contributed by atoms with Gasteiger partial charge in [-0.2, -0.15) is 0 Å². The standard InChI is InChI=1S/C28H23NO8S/c1-10-18-12(17-8-11-4-2-3-5-16(11)38-17)6-7-14(30)20(18)24(33)22-19(10)23(32)13-9-15(31)21(27(29)36)25(34)28(13,37)26(22)35/h2-8,10,13,19,21-23,30,32,37H,9H2,1H3,(H2,29,36)/t10-,13+,19+,21?,22?,23+,28+/m0/s1. The van der Waals surface area contributed by atoms with Crippen molar-refractivity contribution in [3.05, 3.63) is 53.6 Å². The van der Waals surface area contributed by atoms with Gasteiger partial charge in [0.05, 0.1) is 17.6 Å². The molecule has 7 atom stereocenters. The molecule has 9 nitrogen and oxygen atoms in total. The van der Waals surface area contributed by atoms with E-state index in [2.05, 4.69) is 0 Å². The third-order valence-electron chi connectivity index (χ3n) is 8.53. The molecule has 38 heavy (non-hydrogen) atoms. The minimum absolute atomic E-state index is 0.109. The lowest BCUT2D eigenvalue weighted by Gasteiger charge is -2.53. The number of aromatic hydroxyl groups is 1. The summed E-state index contributed by atoms with van der Waals surface area (Å²) in [5, 5.41) is 34.6. The predicted octanol–water partition coefficient (Wildman–Crippen LogP) is 1.74. The van der Waals surface area contributed by atoms with Crippen molar-refractivity contribution in [3.63, 3.8) is 0 Å². The summed E-state index contributed by atoms with van der Waals surface area (Å²) in [6.45, 7) is 1.71. The van der Waals surface area contributed by atoms with Gasteiger partial charge in [0.2, 0.25) is 5.91 Å². The zero-order valence-electron chi connectivity index (χ0n) is 20.1. The number of nitrogens with two attached hydrogens (primary N) is 1. The minimum Gasteiger partial charge on any atom is -0.507 e. The molecule has 1 heterocycles. The van der Waals surface area contributed by atoms with Crippen LogP contribution in [0.4, 0.5) is 0 Å². The molecule has 3 aliphatic carbocycles. The Morgan fingerprint density at radius 3 is 2.47 bits per heavy atom. The second-order valence-corrected chi connectivity index (χ2v) is 11.5. The molecule has 6 rings (SSSR count). The Kier molecular flexibility index (Phi) is 5.26. The van der Waals surface area contributed by atoms with Crippen molar-refractivity contribution in [1.82, 2.24) is 0 Å². The zero-order chi connectivity index (χ0) is 27.3. The molecule has 0 radical (unpaired) electrons. The fraction of sp³-hybridized carbons (Fsp3) is 0.321. The fourth-order valence-electron chi connectivity index (χ4n) is 6.76. The molecule has 1 amide bonds. The van der Waals surface area contributed by atoms with E-state index >= 15 is 0 Å². The van der Waals surface area contributed by atoms with Gasteiger partial charge < -0.3 is 21.1 Å². The van der Waals surface area contributed by atoms with Crippen LogP contribution in [0.5, 0.6) is 5.75 Å². The van der Waals surface area contributed by atoms with Crippen LogP contribution in [0.25, 0.3) is 20.5 Å². The van der Waals surface area contributed by atoms with Gasteiger partial charge in [0.1, 0.15) is 5.75 Å². The molecular weight excluding hydrogens is 510 g/mol. The summed E-state index contributed by atoms with van der Waals surface area (Å²) < 4.78 is 1.01. The van der Waals surface area contributed by atoms with E-state index in [0.717, 1.165) is 15.0 Å². The summed E-state index contributed by atoms with van der Waals surface area (Å²) in [6, 6.07) is 12.7.